The second-order valence-electron chi connectivity index (χ2n) is 6.10. The summed E-state index contributed by atoms with van der Waals surface area (Å²) in [6.07, 6.45) is 2.22. The molecule has 4 rings (SSSR count). The monoisotopic (exact) mass is 290 g/mol. The van der Waals surface area contributed by atoms with Crippen molar-refractivity contribution >= 4 is 0 Å². The molecule has 0 radical (unpaired) electrons. The SMILES string of the molecule is Cc1cc(-c2cc(C)[nH]n2)nc(C2(c3ccccc3)CC2)n1. The predicted molar refractivity (Wildman–Crippen MR) is 85.5 cm³/mol. The van der Waals surface area contributed by atoms with Gasteiger partial charge < -0.3 is 0 Å². The van der Waals surface area contributed by atoms with Crippen LogP contribution in [0.15, 0.2) is 42.5 Å². The number of hydrogen-bond donors (Lipinski definition) is 1. The van der Waals surface area contributed by atoms with Crippen LogP contribution in [0.2, 0.25) is 0 Å². The molecule has 1 saturated carbocycles. The van der Waals surface area contributed by atoms with Crippen molar-refractivity contribution in [2.75, 3.05) is 0 Å². The van der Waals surface area contributed by atoms with Crippen LogP contribution >= 0.6 is 0 Å². The Balaban J connectivity index is 1.82. The van der Waals surface area contributed by atoms with Crippen molar-refractivity contribution in [1.82, 2.24) is 20.2 Å². The van der Waals surface area contributed by atoms with Crippen LogP contribution in [0.5, 0.6) is 0 Å². The van der Waals surface area contributed by atoms with Crippen LogP contribution in [0.1, 0.15) is 35.6 Å². The first-order valence-electron chi connectivity index (χ1n) is 7.61. The highest BCUT2D eigenvalue weighted by atomic mass is 15.1. The van der Waals surface area contributed by atoms with Crippen LogP contribution in [-0.4, -0.2) is 20.2 Å². The van der Waals surface area contributed by atoms with Crippen molar-refractivity contribution in [3.63, 3.8) is 0 Å². The molecule has 0 atom stereocenters. The Morgan fingerprint density at radius 2 is 1.73 bits per heavy atom. The molecule has 2 aromatic heterocycles. The fourth-order valence-corrected chi connectivity index (χ4v) is 2.99. The highest BCUT2D eigenvalue weighted by Gasteiger charge is 2.48. The molecule has 4 nitrogen and oxygen atoms in total. The second-order valence-corrected chi connectivity index (χ2v) is 6.10. The molecule has 1 N–H and O–H groups in total. The number of aryl methyl sites for hydroxylation is 2. The van der Waals surface area contributed by atoms with Gasteiger partial charge in [0.25, 0.3) is 0 Å². The summed E-state index contributed by atoms with van der Waals surface area (Å²) in [6.45, 7) is 4.02. The van der Waals surface area contributed by atoms with Gasteiger partial charge in [-0.25, -0.2) is 9.97 Å². The molecular formula is C18H18N4. The first-order valence-corrected chi connectivity index (χ1v) is 7.61. The third-order valence-corrected chi connectivity index (χ3v) is 4.33. The number of aromatic nitrogens is 4. The van der Waals surface area contributed by atoms with Crippen LogP contribution in [0.25, 0.3) is 11.4 Å². The van der Waals surface area contributed by atoms with Crippen LogP contribution < -0.4 is 0 Å². The Morgan fingerprint density at radius 3 is 2.36 bits per heavy atom. The standard InChI is InChI=1S/C18H18N4/c1-12-10-15(16-11-13(2)21-22-16)20-17(19-12)18(8-9-18)14-6-4-3-5-7-14/h3-7,10-11H,8-9H2,1-2H3,(H,21,22). The van der Waals surface area contributed by atoms with Gasteiger partial charge in [-0.05, 0) is 44.4 Å². The zero-order valence-corrected chi connectivity index (χ0v) is 12.8. The molecule has 0 aliphatic heterocycles. The molecule has 0 amide bonds. The van der Waals surface area contributed by atoms with Gasteiger partial charge in [0, 0.05) is 11.4 Å². The van der Waals surface area contributed by atoms with E-state index in [1.165, 1.54) is 5.56 Å². The van der Waals surface area contributed by atoms with E-state index in [-0.39, 0.29) is 5.41 Å². The maximum absolute atomic E-state index is 4.83. The van der Waals surface area contributed by atoms with Crippen molar-refractivity contribution in [3.05, 3.63) is 65.2 Å². The van der Waals surface area contributed by atoms with Gasteiger partial charge in [-0.1, -0.05) is 30.3 Å². The smallest absolute Gasteiger partial charge is 0.139 e. The highest BCUT2D eigenvalue weighted by Crippen LogP contribution is 2.52. The summed E-state index contributed by atoms with van der Waals surface area (Å²) in [5.74, 6) is 0.925. The van der Waals surface area contributed by atoms with Crippen LogP contribution in [0, 0.1) is 13.8 Å². The minimum absolute atomic E-state index is 0.00657. The fourth-order valence-electron chi connectivity index (χ4n) is 2.99. The van der Waals surface area contributed by atoms with E-state index in [2.05, 4.69) is 40.5 Å². The molecule has 22 heavy (non-hydrogen) atoms. The number of aromatic amines is 1. The molecule has 1 fully saturated rings. The van der Waals surface area contributed by atoms with Crippen LogP contribution in [0.4, 0.5) is 0 Å². The fraction of sp³-hybridized carbons (Fsp3) is 0.278. The van der Waals surface area contributed by atoms with Crippen molar-refractivity contribution in [1.29, 1.82) is 0 Å². The lowest BCUT2D eigenvalue weighted by Crippen LogP contribution is -2.14. The van der Waals surface area contributed by atoms with Crippen molar-refractivity contribution in [2.45, 2.75) is 32.1 Å². The topological polar surface area (TPSA) is 54.5 Å². The molecule has 0 unspecified atom stereocenters. The Labute approximate surface area is 129 Å². The van der Waals surface area contributed by atoms with E-state index in [0.29, 0.717) is 0 Å². The minimum Gasteiger partial charge on any atom is -0.282 e. The predicted octanol–water partition coefficient (Wildman–Crippen LogP) is 3.56. The van der Waals surface area contributed by atoms with E-state index in [1.54, 1.807) is 0 Å². The number of nitrogens with one attached hydrogen (secondary N) is 1. The quantitative estimate of drug-likeness (QED) is 0.802. The summed E-state index contributed by atoms with van der Waals surface area (Å²) in [4.78, 5) is 9.56. The number of rotatable bonds is 3. The molecule has 2 heterocycles. The molecule has 1 aliphatic carbocycles. The molecule has 4 heteroatoms. The normalized spacial score (nSPS) is 15.7. The summed E-state index contributed by atoms with van der Waals surface area (Å²) in [6, 6.07) is 14.6. The van der Waals surface area contributed by atoms with Gasteiger partial charge >= 0.3 is 0 Å². The summed E-state index contributed by atoms with van der Waals surface area (Å²) >= 11 is 0. The van der Waals surface area contributed by atoms with E-state index >= 15 is 0 Å². The van der Waals surface area contributed by atoms with Gasteiger partial charge in [0.1, 0.15) is 11.5 Å². The lowest BCUT2D eigenvalue weighted by Gasteiger charge is -2.15. The third kappa shape index (κ3) is 2.11. The first-order chi connectivity index (χ1) is 10.7. The van der Waals surface area contributed by atoms with Gasteiger partial charge in [-0.15, -0.1) is 0 Å². The number of hydrogen-bond acceptors (Lipinski definition) is 3. The lowest BCUT2D eigenvalue weighted by atomic mass is 9.95. The first kappa shape index (κ1) is 13.2. The zero-order valence-electron chi connectivity index (χ0n) is 12.8. The van der Waals surface area contributed by atoms with Gasteiger partial charge in [0.2, 0.25) is 0 Å². The lowest BCUT2D eigenvalue weighted by molar-refractivity contribution is 0.748. The number of benzene rings is 1. The molecule has 0 spiro atoms. The Hall–Kier alpha value is -2.49. The maximum atomic E-state index is 4.83. The second kappa shape index (κ2) is 4.77. The van der Waals surface area contributed by atoms with Gasteiger partial charge in [0.05, 0.1) is 11.1 Å². The maximum Gasteiger partial charge on any atom is 0.139 e. The van der Waals surface area contributed by atoms with E-state index in [1.807, 2.05) is 26.0 Å². The van der Waals surface area contributed by atoms with E-state index in [4.69, 9.17) is 9.97 Å². The van der Waals surface area contributed by atoms with Crippen LogP contribution in [0.3, 0.4) is 0 Å². The zero-order chi connectivity index (χ0) is 15.2. The Kier molecular flexibility index (Phi) is 2.86. The summed E-state index contributed by atoms with van der Waals surface area (Å²) in [7, 11) is 0. The third-order valence-electron chi connectivity index (χ3n) is 4.33. The summed E-state index contributed by atoms with van der Waals surface area (Å²) in [5, 5.41) is 7.31. The van der Waals surface area contributed by atoms with Gasteiger partial charge in [-0.3, -0.25) is 5.10 Å². The minimum atomic E-state index is -0.00657. The van der Waals surface area contributed by atoms with E-state index in [0.717, 1.165) is 41.4 Å². The van der Waals surface area contributed by atoms with Gasteiger partial charge in [0.15, 0.2) is 0 Å². The molecule has 1 aromatic carbocycles. The van der Waals surface area contributed by atoms with Gasteiger partial charge in [-0.2, -0.15) is 5.10 Å². The molecule has 110 valence electrons. The average molecular weight is 290 g/mol. The molecule has 0 bridgehead atoms. The average Bonchev–Trinajstić information content (AvgIpc) is 3.24. The van der Waals surface area contributed by atoms with Crippen molar-refractivity contribution in [3.8, 4) is 11.4 Å². The summed E-state index contributed by atoms with van der Waals surface area (Å²) < 4.78 is 0. The van der Waals surface area contributed by atoms with Crippen molar-refractivity contribution < 1.29 is 0 Å². The molecular weight excluding hydrogens is 272 g/mol. The Bertz CT molecular complexity index is 816. The van der Waals surface area contributed by atoms with E-state index < -0.39 is 0 Å². The highest BCUT2D eigenvalue weighted by molar-refractivity contribution is 5.55. The Morgan fingerprint density at radius 1 is 0.955 bits per heavy atom. The molecule has 1 aliphatic rings. The largest absolute Gasteiger partial charge is 0.282 e. The number of H-pyrrole nitrogens is 1. The molecule has 3 aromatic rings. The molecule has 0 saturated heterocycles. The van der Waals surface area contributed by atoms with Crippen LogP contribution in [-0.2, 0) is 5.41 Å². The summed E-state index contributed by atoms with van der Waals surface area (Å²) in [5.41, 5.74) is 5.11. The number of nitrogens with zero attached hydrogens (tertiary/aromatic N) is 3. The van der Waals surface area contributed by atoms with Crippen molar-refractivity contribution in [2.24, 2.45) is 0 Å². The van der Waals surface area contributed by atoms with E-state index in [9.17, 15) is 0 Å².